The zero-order valence-corrected chi connectivity index (χ0v) is 18.4. The summed E-state index contributed by atoms with van der Waals surface area (Å²) < 4.78 is 0. The number of aryl methyl sites for hydroxylation is 1. The molecule has 9 heteroatoms. The molecular weight excluding hydrogens is 440 g/mol. The normalized spacial score (nSPS) is 10.5. The molecule has 0 radical (unpaired) electrons. The number of nitrogens with one attached hydrogen (secondary N) is 3. The molecule has 0 aliphatic heterocycles. The number of carbonyl (C=O) groups excluding carboxylic acids is 2. The molecule has 0 aliphatic rings. The monoisotopic (exact) mass is 460 g/mol. The third-order valence-electron chi connectivity index (χ3n) is 4.40. The van der Waals surface area contributed by atoms with Crippen LogP contribution in [0.25, 0.3) is 6.08 Å². The maximum Gasteiger partial charge on any atom is 0.270 e. The van der Waals surface area contributed by atoms with Gasteiger partial charge in [-0.3, -0.25) is 25.0 Å². The first kappa shape index (κ1) is 23.3. The number of thiocarbonyl (C=S) groups is 1. The zero-order valence-electron chi connectivity index (χ0n) is 17.6. The molecule has 8 nitrogen and oxygen atoms in total. The standard InChI is InChI=1S/C24H20N4O4S/c1-16-5-2-8-19(13-16)25-23(30)18-7-4-9-20(15-18)26-24(33)27-22(29)12-11-17-6-3-10-21(14-17)28(31)32/h2-15H,1H3,(H,25,30)(H2,26,27,29,33)/b12-11+. The molecule has 0 atom stereocenters. The van der Waals surface area contributed by atoms with E-state index in [0.717, 1.165) is 5.56 Å². The number of carbonyl (C=O) groups is 2. The lowest BCUT2D eigenvalue weighted by molar-refractivity contribution is -0.384. The number of nitrogens with zero attached hydrogens (tertiary/aromatic N) is 1. The third-order valence-corrected chi connectivity index (χ3v) is 4.61. The van der Waals surface area contributed by atoms with E-state index in [1.54, 1.807) is 36.4 Å². The molecule has 0 aliphatic carbocycles. The van der Waals surface area contributed by atoms with Crippen LogP contribution in [0.4, 0.5) is 17.1 Å². The predicted octanol–water partition coefficient (Wildman–Crippen LogP) is 4.68. The van der Waals surface area contributed by atoms with Crippen molar-refractivity contribution in [3.8, 4) is 0 Å². The Bertz CT molecular complexity index is 1260. The summed E-state index contributed by atoms with van der Waals surface area (Å²) in [5.74, 6) is -0.786. The number of nitro benzene ring substituents is 1. The zero-order chi connectivity index (χ0) is 23.8. The van der Waals surface area contributed by atoms with Gasteiger partial charge < -0.3 is 10.6 Å². The quantitative estimate of drug-likeness (QED) is 0.213. The molecule has 0 fully saturated rings. The average molecular weight is 461 g/mol. The van der Waals surface area contributed by atoms with Crippen molar-refractivity contribution in [3.63, 3.8) is 0 Å². The number of rotatable bonds is 6. The minimum atomic E-state index is -0.508. The van der Waals surface area contributed by atoms with Gasteiger partial charge in [-0.2, -0.15) is 0 Å². The molecule has 2 amide bonds. The van der Waals surface area contributed by atoms with Gasteiger partial charge in [-0.15, -0.1) is 0 Å². The van der Waals surface area contributed by atoms with Crippen molar-refractivity contribution in [2.45, 2.75) is 6.92 Å². The second kappa shape index (κ2) is 10.8. The second-order valence-electron chi connectivity index (χ2n) is 7.03. The molecule has 3 aromatic rings. The fourth-order valence-electron chi connectivity index (χ4n) is 2.89. The van der Waals surface area contributed by atoms with Crippen LogP contribution in [0.1, 0.15) is 21.5 Å². The first-order chi connectivity index (χ1) is 15.8. The molecule has 3 rings (SSSR count). The first-order valence-corrected chi connectivity index (χ1v) is 10.2. The molecule has 0 heterocycles. The van der Waals surface area contributed by atoms with Crippen LogP contribution in [-0.4, -0.2) is 21.9 Å². The van der Waals surface area contributed by atoms with Gasteiger partial charge in [0.05, 0.1) is 4.92 Å². The van der Waals surface area contributed by atoms with Crippen molar-refractivity contribution in [1.82, 2.24) is 5.32 Å². The number of hydrogen-bond acceptors (Lipinski definition) is 5. The van der Waals surface area contributed by atoms with Gasteiger partial charge in [-0.25, -0.2) is 0 Å². The fourth-order valence-corrected chi connectivity index (χ4v) is 3.11. The van der Waals surface area contributed by atoms with Gasteiger partial charge in [0.2, 0.25) is 5.91 Å². The number of nitro groups is 1. The van der Waals surface area contributed by atoms with E-state index in [-0.39, 0.29) is 16.7 Å². The SMILES string of the molecule is Cc1cccc(NC(=O)c2cccc(NC(=S)NC(=O)/C=C/c3cccc([N+](=O)[O-])c3)c2)c1. The second-order valence-corrected chi connectivity index (χ2v) is 7.44. The summed E-state index contributed by atoms with van der Waals surface area (Å²) >= 11 is 5.16. The molecule has 0 saturated heterocycles. The van der Waals surface area contributed by atoms with E-state index < -0.39 is 10.8 Å². The summed E-state index contributed by atoms with van der Waals surface area (Å²) in [4.78, 5) is 35.0. The Morgan fingerprint density at radius 3 is 2.36 bits per heavy atom. The lowest BCUT2D eigenvalue weighted by Crippen LogP contribution is -2.32. The van der Waals surface area contributed by atoms with E-state index in [1.807, 2.05) is 25.1 Å². The van der Waals surface area contributed by atoms with Crippen LogP contribution in [0.2, 0.25) is 0 Å². The molecule has 0 spiro atoms. The van der Waals surface area contributed by atoms with Gasteiger partial charge in [0.15, 0.2) is 5.11 Å². The van der Waals surface area contributed by atoms with E-state index in [0.29, 0.717) is 22.5 Å². The molecule has 0 aromatic heterocycles. The Kier molecular flexibility index (Phi) is 7.61. The van der Waals surface area contributed by atoms with Crippen molar-refractivity contribution in [1.29, 1.82) is 0 Å². The van der Waals surface area contributed by atoms with Crippen LogP contribution >= 0.6 is 12.2 Å². The van der Waals surface area contributed by atoms with Crippen LogP contribution in [0, 0.1) is 17.0 Å². The smallest absolute Gasteiger partial charge is 0.270 e. The average Bonchev–Trinajstić information content (AvgIpc) is 2.78. The molecule has 3 aromatic carbocycles. The summed E-state index contributed by atoms with van der Waals surface area (Å²) in [6, 6.07) is 20.0. The number of non-ortho nitro benzene ring substituents is 1. The Hall–Kier alpha value is -4.37. The van der Waals surface area contributed by atoms with Crippen molar-refractivity contribution in [2.24, 2.45) is 0 Å². The Morgan fingerprint density at radius 1 is 0.939 bits per heavy atom. The highest BCUT2D eigenvalue weighted by molar-refractivity contribution is 7.80. The number of benzene rings is 3. The highest BCUT2D eigenvalue weighted by Crippen LogP contribution is 2.15. The van der Waals surface area contributed by atoms with Crippen LogP contribution in [0.3, 0.4) is 0 Å². The molecule has 166 valence electrons. The molecule has 33 heavy (non-hydrogen) atoms. The molecular formula is C24H20N4O4S. The Labute approximate surface area is 195 Å². The summed E-state index contributed by atoms with van der Waals surface area (Å²) in [6.07, 6.45) is 2.67. The van der Waals surface area contributed by atoms with Gasteiger partial charge in [0.1, 0.15) is 0 Å². The highest BCUT2D eigenvalue weighted by atomic mass is 32.1. The van der Waals surface area contributed by atoms with Gasteiger partial charge >= 0.3 is 0 Å². The summed E-state index contributed by atoms with van der Waals surface area (Å²) in [5.41, 5.74) is 3.10. The van der Waals surface area contributed by atoms with Crippen molar-refractivity contribution in [2.75, 3.05) is 10.6 Å². The van der Waals surface area contributed by atoms with E-state index in [4.69, 9.17) is 12.2 Å². The topological polar surface area (TPSA) is 113 Å². The van der Waals surface area contributed by atoms with Crippen LogP contribution in [0.5, 0.6) is 0 Å². The lowest BCUT2D eigenvalue weighted by atomic mass is 10.1. The predicted molar refractivity (Wildman–Crippen MR) is 132 cm³/mol. The van der Waals surface area contributed by atoms with Gasteiger partial charge in [-0.1, -0.05) is 30.3 Å². The minimum Gasteiger partial charge on any atom is -0.332 e. The van der Waals surface area contributed by atoms with Crippen molar-refractivity contribution < 1.29 is 14.5 Å². The maximum absolute atomic E-state index is 12.5. The number of hydrogen-bond donors (Lipinski definition) is 3. The third kappa shape index (κ3) is 7.08. The molecule has 0 bridgehead atoms. The fraction of sp³-hybridized carbons (Fsp3) is 0.0417. The number of amides is 2. The largest absolute Gasteiger partial charge is 0.332 e. The van der Waals surface area contributed by atoms with Crippen molar-refractivity contribution >= 4 is 52.3 Å². The molecule has 0 saturated carbocycles. The maximum atomic E-state index is 12.5. The van der Waals surface area contributed by atoms with E-state index in [9.17, 15) is 19.7 Å². The molecule has 3 N–H and O–H groups in total. The van der Waals surface area contributed by atoms with E-state index >= 15 is 0 Å². The lowest BCUT2D eigenvalue weighted by Gasteiger charge is -2.10. The van der Waals surface area contributed by atoms with Gasteiger partial charge in [0, 0.05) is 35.1 Å². The van der Waals surface area contributed by atoms with Crippen LogP contribution in [-0.2, 0) is 4.79 Å². The summed E-state index contributed by atoms with van der Waals surface area (Å²) in [5, 5.41) is 19.1. The highest BCUT2D eigenvalue weighted by Gasteiger charge is 2.09. The Balaban J connectivity index is 1.58. The van der Waals surface area contributed by atoms with E-state index in [2.05, 4.69) is 16.0 Å². The van der Waals surface area contributed by atoms with Gasteiger partial charge in [-0.05, 0) is 66.7 Å². The summed E-state index contributed by atoms with van der Waals surface area (Å²) in [7, 11) is 0. The Morgan fingerprint density at radius 2 is 1.64 bits per heavy atom. The van der Waals surface area contributed by atoms with Gasteiger partial charge in [0.25, 0.3) is 11.6 Å². The van der Waals surface area contributed by atoms with E-state index in [1.165, 1.54) is 30.4 Å². The number of anilines is 2. The molecule has 0 unspecified atom stereocenters. The van der Waals surface area contributed by atoms with Crippen LogP contribution in [0.15, 0.2) is 78.9 Å². The van der Waals surface area contributed by atoms with Crippen molar-refractivity contribution in [3.05, 3.63) is 106 Å². The minimum absolute atomic E-state index is 0.0416. The summed E-state index contributed by atoms with van der Waals surface area (Å²) in [6.45, 7) is 1.94. The first-order valence-electron chi connectivity index (χ1n) is 9.83. The van der Waals surface area contributed by atoms with Crippen LogP contribution < -0.4 is 16.0 Å².